The molecule has 0 radical (unpaired) electrons. The molecule has 30 heavy (non-hydrogen) atoms. The molecule has 0 aromatic heterocycles. The third-order valence-corrected chi connectivity index (χ3v) is 5.46. The Labute approximate surface area is 177 Å². The van der Waals surface area contributed by atoms with Gasteiger partial charge in [-0.05, 0) is 43.7 Å². The first-order valence-electron chi connectivity index (χ1n) is 10.3. The van der Waals surface area contributed by atoms with Crippen LogP contribution in [0.25, 0.3) is 0 Å². The Morgan fingerprint density at radius 1 is 1.13 bits per heavy atom. The zero-order chi connectivity index (χ0) is 21.5. The van der Waals surface area contributed by atoms with E-state index in [-0.39, 0.29) is 12.5 Å². The SMILES string of the molecule is CC[NH+]1CCN(c2ccc(C(=O)OC)cc2NC(=O)COc2ccccc2C)CC1. The van der Waals surface area contributed by atoms with Crippen LogP contribution in [0.5, 0.6) is 5.75 Å². The molecule has 1 fully saturated rings. The molecule has 1 aliphatic heterocycles. The van der Waals surface area contributed by atoms with Crippen LogP contribution in [0.3, 0.4) is 0 Å². The average molecular weight is 413 g/mol. The minimum Gasteiger partial charge on any atom is -0.483 e. The largest absolute Gasteiger partial charge is 0.483 e. The third-order valence-electron chi connectivity index (χ3n) is 5.46. The Kier molecular flexibility index (Phi) is 7.30. The molecule has 7 heteroatoms. The summed E-state index contributed by atoms with van der Waals surface area (Å²) in [6, 6.07) is 12.8. The van der Waals surface area contributed by atoms with Crippen molar-refractivity contribution in [3.05, 3.63) is 53.6 Å². The molecule has 2 N–H and O–H groups in total. The first kappa shape index (κ1) is 21.6. The number of likely N-dealkylation sites (N-methyl/N-ethyl adjacent to an activating group) is 1. The van der Waals surface area contributed by atoms with E-state index in [2.05, 4.69) is 17.1 Å². The van der Waals surface area contributed by atoms with Crippen LogP contribution in [0.15, 0.2) is 42.5 Å². The molecule has 0 bridgehead atoms. The maximum Gasteiger partial charge on any atom is 0.337 e. The number of anilines is 2. The first-order chi connectivity index (χ1) is 14.5. The molecule has 1 saturated heterocycles. The van der Waals surface area contributed by atoms with Crippen molar-refractivity contribution in [2.45, 2.75) is 13.8 Å². The Bertz CT molecular complexity index is 892. The van der Waals surface area contributed by atoms with Gasteiger partial charge in [-0.25, -0.2) is 4.79 Å². The molecular weight excluding hydrogens is 382 g/mol. The number of methoxy groups -OCH3 is 1. The van der Waals surface area contributed by atoms with Crippen LogP contribution in [0, 0.1) is 6.92 Å². The maximum atomic E-state index is 12.6. The second kappa shape index (κ2) is 10.1. The Morgan fingerprint density at radius 2 is 1.87 bits per heavy atom. The van der Waals surface area contributed by atoms with Gasteiger partial charge in [-0.2, -0.15) is 0 Å². The van der Waals surface area contributed by atoms with E-state index in [9.17, 15) is 9.59 Å². The summed E-state index contributed by atoms with van der Waals surface area (Å²) in [6.07, 6.45) is 0. The number of rotatable bonds is 7. The van der Waals surface area contributed by atoms with Gasteiger partial charge < -0.3 is 24.6 Å². The van der Waals surface area contributed by atoms with Crippen molar-refractivity contribution >= 4 is 23.3 Å². The van der Waals surface area contributed by atoms with E-state index in [4.69, 9.17) is 9.47 Å². The molecular formula is C23H30N3O4+. The van der Waals surface area contributed by atoms with Crippen molar-refractivity contribution in [3.63, 3.8) is 0 Å². The van der Waals surface area contributed by atoms with Gasteiger partial charge in [0.05, 0.1) is 56.8 Å². The maximum absolute atomic E-state index is 12.6. The van der Waals surface area contributed by atoms with E-state index in [0.717, 1.165) is 44.0 Å². The zero-order valence-electron chi connectivity index (χ0n) is 17.9. The summed E-state index contributed by atoms with van der Waals surface area (Å²) >= 11 is 0. The van der Waals surface area contributed by atoms with Crippen LogP contribution in [0.1, 0.15) is 22.8 Å². The molecule has 2 aromatic rings. The summed E-state index contributed by atoms with van der Waals surface area (Å²) in [7, 11) is 1.34. The summed E-state index contributed by atoms with van der Waals surface area (Å²) in [5, 5.41) is 2.92. The van der Waals surface area contributed by atoms with Gasteiger partial charge in [-0.3, -0.25) is 4.79 Å². The van der Waals surface area contributed by atoms with Crippen molar-refractivity contribution < 1.29 is 24.0 Å². The normalized spacial score (nSPS) is 14.3. The third kappa shape index (κ3) is 5.30. The van der Waals surface area contributed by atoms with Crippen molar-refractivity contribution in [2.75, 3.05) is 56.7 Å². The molecule has 0 unspecified atom stereocenters. The van der Waals surface area contributed by atoms with Gasteiger partial charge in [0, 0.05) is 0 Å². The second-order valence-electron chi connectivity index (χ2n) is 7.42. The summed E-state index contributed by atoms with van der Waals surface area (Å²) in [5.74, 6) is -0.0392. The minimum atomic E-state index is -0.437. The van der Waals surface area contributed by atoms with Crippen LogP contribution in [-0.4, -0.2) is 58.3 Å². The number of quaternary nitrogens is 1. The predicted octanol–water partition coefficient (Wildman–Crippen LogP) is 1.52. The lowest BCUT2D eigenvalue weighted by molar-refractivity contribution is -0.898. The number of carbonyl (C=O) groups is 2. The van der Waals surface area contributed by atoms with Crippen molar-refractivity contribution in [2.24, 2.45) is 0 Å². The van der Waals surface area contributed by atoms with Crippen LogP contribution < -0.4 is 19.9 Å². The van der Waals surface area contributed by atoms with Crippen molar-refractivity contribution in [1.82, 2.24) is 0 Å². The number of aryl methyl sites for hydroxylation is 1. The number of amides is 1. The smallest absolute Gasteiger partial charge is 0.337 e. The zero-order valence-corrected chi connectivity index (χ0v) is 17.9. The van der Waals surface area contributed by atoms with E-state index >= 15 is 0 Å². The lowest BCUT2D eigenvalue weighted by Gasteiger charge is -2.34. The molecule has 0 saturated carbocycles. The predicted molar refractivity (Wildman–Crippen MR) is 117 cm³/mol. The fourth-order valence-electron chi connectivity index (χ4n) is 3.62. The molecule has 0 spiro atoms. The highest BCUT2D eigenvalue weighted by Crippen LogP contribution is 2.28. The molecule has 7 nitrogen and oxygen atoms in total. The van der Waals surface area contributed by atoms with Crippen molar-refractivity contribution in [1.29, 1.82) is 0 Å². The van der Waals surface area contributed by atoms with Gasteiger partial charge in [0.2, 0.25) is 0 Å². The molecule has 2 aromatic carbocycles. The quantitative estimate of drug-likeness (QED) is 0.675. The molecule has 0 aliphatic carbocycles. The Hall–Kier alpha value is -3.06. The summed E-state index contributed by atoms with van der Waals surface area (Å²) < 4.78 is 10.5. The second-order valence-corrected chi connectivity index (χ2v) is 7.42. The number of hydrogen-bond acceptors (Lipinski definition) is 5. The van der Waals surface area contributed by atoms with Crippen LogP contribution in [-0.2, 0) is 9.53 Å². The van der Waals surface area contributed by atoms with E-state index < -0.39 is 5.97 Å². The number of para-hydroxylation sites is 1. The fourth-order valence-corrected chi connectivity index (χ4v) is 3.62. The lowest BCUT2D eigenvalue weighted by Crippen LogP contribution is -3.14. The molecule has 1 heterocycles. The molecule has 160 valence electrons. The monoisotopic (exact) mass is 412 g/mol. The summed E-state index contributed by atoms with van der Waals surface area (Å²) in [5.41, 5.74) is 2.86. The number of nitrogens with zero attached hydrogens (tertiary/aromatic N) is 1. The topological polar surface area (TPSA) is 72.3 Å². The standard InChI is InChI=1S/C23H29N3O4/c1-4-25-11-13-26(14-12-25)20-10-9-18(23(28)29-3)15-19(20)24-22(27)16-30-21-8-6-5-7-17(21)2/h5-10,15H,4,11-14,16H2,1-3H3,(H,24,27)/p+1. The molecule has 3 rings (SSSR count). The first-order valence-corrected chi connectivity index (χ1v) is 10.3. The highest BCUT2D eigenvalue weighted by Gasteiger charge is 2.22. The van der Waals surface area contributed by atoms with E-state index in [0.29, 0.717) is 17.0 Å². The van der Waals surface area contributed by atoms with Gasteiger partial charge in [-0.15, -0.1) is 0 Å². The van der Waals surface area contributed by atoms with Gasteiger partial charge in [0.15, 0.2) is 6.61 Å². The average Bonchev–Trinajstić information content (AvgIpc) is 2.78. The number of ether oxygens (including phenoxy) is 2. The van der Waals surface area contributed by atoms with Gasteiger partial charge >= 0.3 is 5.97 Å². The van der Waals surface area contributed by atoms with Crippen LogP contribution in [0.2, 0.25) is 0 Å². The summed E-state index contributed by atoms with van der Waals surface area (Å²) in [6.45, 7) is 8.99. The van der Waals surface area contributed by atoms with Crippen molar-refractivity contribution in [3.8, 4) is 5.75 Å². The van der Waals surface area contributed by atoms with Gasteiger partial charge in [0.25, 0.3) is 5.91 Å². The Balaban J connectivity index is 1.75. The van der Waals surface area contributed by atoms with Gasteiger partial charge in [-0.1, -0.05) is 18.2 Å². The number of benzene rings is 2. The number of hydrogen-bond donors (Lipinski definition) is 2. The number of carbonyl (C=O) groups excluding carboxylic acids is 2. The Morgan fingerprint density at radius 3 is 2.53 bits per heavy atom. The molecule has 0 atom stereocenters. The molecule has 1 aliphatic rings. The fraction of sp³-hybridized carbons (Fsp3) is 0.391. The summed E-state index contributed by atoms with van der Waals surface area (Å²) in [4.78, 5) is 28.4. The van der Waals surface area contributed by atoms with E-state index in [1.807, 2.05) is 37.3 Å². The van der Waals surface area contributed by atoms with Crippen LogP contribution >= 0.6 is 0 Å². The van der Waals surface area contributed by atoms with Crippen LogP contribution in [0.4, 0.5) is 11.4 Å². The number of piperazine rings is 1. The highest BCUT2D eigenvalue weighted by atomic mass is 16.5. The van der Waals surface area contributed by atoms with E-state index in [1.54, 1.807) is 17.0 Å². The molecule has 1 amide bonds. The van der Waals surface area contributed by atoms with E-state index in [1.165, 1.54) is 7.11 Å². The van der Waals surface area contributed by atoms with Gasteiger partial charge in [0.1, 0.15) is 5.75 Å². The minimum absolute atomic E-state index is 0.111. The lowest BCUT2D eigenvalue weighted by atomic mass is 10.1. The highest BCUT2D eigenvalue weighted by molar-refractivity contribution is 5.98. The number of esters is 1. The number of nitrogens with one attached hydrogen (secondary N) is 2.